The molecule has 0 aliphatic carbocycles. The summed E-state index contributed by atoms with van der Waals surface area (Å²) in [5.41, 5.74) is 0. The normalized spacial score (nSPS) is 11.1. The van der Waals surface area contributed by atoms with E-state index >= 15 is 0 Å². The van der Waals surface area contributed by atoms with E-state index in [-0.39, 0.29) is 5.91 Å². The Morgan fingerprint density at radius 2 is 1.80 bits per heavy atom. The van der Waals surface area contributed by atoms with Gasteiger partial charge in [0.05, 0.1) is 0 Å². The molecule has 0 saturated heterocycles. The molecule has 2 heteroatoms. The van der Waals surface area contributed by atoms with E-state index in [0.29, 0.717) is 6.54 Å². The highest BCUT2D eigenvalue weighted by Crippen LogP contribution is 1.96. The van der Waals surface area contributed by atoms with Gasteiger partial charge in [-0.15, -0.1) is 0 Å². The molecule has 15 heavy (non-hydrogen) atoms. The topological polar surface area (TPSA) is 20.3 Å². The maximum absolute atomic E-state index is 11.0. The molecule has 0 fully saturated rings. The van der Waals surface area contributed by atoms with Crippen LogP contribution >= 0.6 is 0 Å². The zero-order chi connectivity index (χ0) is 11.5. The van der Waals surface area contributed by atoms with Gasteiger partial charge in [0.15, 0.2) is 0 Å². The van der Waals surface area contributed by atoms with Crippen LogP contribution in [0.4, 0.5) is 0 Å². The van der Waals surface area contributed by atoms with Crippen molar-refractivity contribution in [1.29, 1.82) is 0 Å². The third-order valence-electron chi connectivity index (χ3n) is 2.00. The first-order chi connectivity index (χ1) is 7.22. The van der Waals surface area contributed by atoms with Crippen molar-refractivity contribution in [2.24, 2.45) is 0 Å². The summed E-state index contributed by atoms with van der Waals surface area (Å²) in [4.78, 5) is 12.6. The van der Waals surface area contributed by atoms with Crippen LogP contribution in [-0.4, -0.2) is 17.4 Å². The molecule has 2 nitrogen and oxygen atoms in total. The van der Waals surface area contributed by atoms with Crippen LogP contribution in [0.25, 0.3) is 0 Å². The van der Waals surface area contributed by atoms with Gasteiger partial charge in [-0.2, -0.15) is 0 Å². The van der Waals surface area contributed by atoms with Crippen LogP contribution in [0.15, 0.2) is 37.1 Å². The molecule has 0 radical (unpaired) electrons. The van der Waals surface area contributed by atoms with E-state index in [0.717, 1.165) is 19.3 Å². The summed E-state index contributed by atoms with van der Waals surface area (Å²) >= 11 is 0. The van der Waals surface area contributed by atoms with Crippen LogP contribution in [0.5, 0.6) is 0 Å². The molecule has 0 aromatic rings. The molecule has 0 bridgehead atoms. The fourth-order valence-corrected chi connectivity index (χ4v) is 1.11. The monoisotopic (exact) mass is 207 g/mol. The lowest BCUT2D eigenvalue weighted by atomic mass is 10.2. The van der Waals surface area contributed by atoms with Gasteiger partial charge in [0.1, 0.15) is 0 Å². The number of hydrogen-bond donors (Lipinski definition) is 0. The van der Waals surface area contributed by atoms with E-state index in [1.807, 2.05) is 6.08 Å². The molecule has 0 N–H and O–H groups in total. The van der Waals surface area contributed by atoms with Crippen LogP contribution in [0, 0.1) is 0 Å². The summed E-state index contributed by atoms with van der Waals surface area (Å²) < 4.78 is 0. The highest BCUT2D eigenvalue weighted by atomic mass is 16.2. The van der Waals surface area contributed by atoms with Gasteiger partial charge in [0.25, 0.3) is 0 Å². The minimum Gasteiger partial charge on any atom is -0.316 e. The van der Waals surface area contributed by atoms with Crippen molar-refractivity contribution in [3.8, 4) is 0 Å². The molecule has 0 aliphatic heterocycles. The Balaban J connectivity index is 3.65. The maximum Gasteiger partial charge on any atom is 0.223 e. The van der Waals surface area contributed by atoms with Gasteiger partial charge in [-0.25, -0.2) is 0 Å². The first-order valence-corrected chi connectivity index (χ1v) is 5.42. The summed E-state index contributed by atoms with van der Waals surface area (Å²) in [5.74, 6) is 0.0283. The summed E-state index contributed by atoms with van der Waals surface area (Å²) in [5, 5.41) is 0. The molecule has 0 saturated carbocycles. The van der Waals surface area contributed by atoms with E-state index in [4.69, 9.17) is 0 Å². The Bertz CT molecular complexity index is 241. The molecule has 0 spiro atoms. The molecule has 0 heterocycles. The van der Waals surface area contributed by atoms with Crippen molar-refractivity contribution in [3.05, 3.63) is 37.1 Å². The van der Waals surface area contributed by atoms with Gasteiger partial charge < -0.3 is 4.90 Å². The minimum atomic E-state index is 0.0283. The van der Waals surface area contributed by atoms with Gasteiger partial charge in [0.2, 0.25) is 5.91 Å². The van der Waals surface area contributed by atoms with Gasteiger partial charge in [-0.1, -0.05) is 37.8 Å². The Labute approximate surface area is 93.0 Å². The summed E-state index contributed by atoms with van der Waals surface area (Å²) in [6.07, 6.45) is 13.2. The highest BCUT2D eigenvalue weighted by Gasteiger charge is 1.99. The average molecular weight is 207 g/mol. The minimum absolute atomic E-state index is 0.0283. The fraction of sp³-hybridized carbons (Fsp3) is 0.462. The smallest absolute Gasteiger partial charge is 0.223 e. The summed E-state index contributed by atoms with van der Waals surface area (Å²) in [6.45, 7) is 7.87. The number of carbonyl (C=O) groups excluding carboxylic acids is 1. The Kier molecular flexibility index (Phi) is 8.44. The van der Waals surface area contributed by atoms with E-state index in [1.54, 1.807) is 18.0 Å². The SMILES string of the molecule is C=CN(C/C=C\CC/C=C\CC)C(C)=O. The van der Waals surface area contributed by atoms with Crippen molar-refractivity contribution in [2.45, 2.75) is 33.1 Å². The molecule has 0 rings (SSSR count). The number of allylic oxidation sites excluding steroid dienone is 3. The lowest BCUT2D eigenvalue weighted by Gasteiger charge is -2.12. The predicted molar refractivity (Wildman–Crippen MR) is 65.4 cm³/mol. The molecular weight excluding hydrogens is 186 g/mol. The lowest BCUT2D eigenvalue weighted by molar-refractivity contribution is -0.125. The summed E-state index contributed by atoms with van der Waals surface area (Å²) in [6, 6.07) is 0. The fourth-order valence-electron chi connectivity index (χ4n) is 1.11. The van der Waals surface area contributed by atoms with Crippen LogP contribution < -0.4 is 0 Å². The largest absolute Gasteiger partial charge is 0.316 e. The molecule has 0 aromatic heterocycles. The summed E-state index contributed by atoms with van der Waals surface area (Å²) in [7, 11) is 0. The van der Waals surface area contributed by atoms with Crippen molar-refractivity contribution in [3.63, 3.8) is 0 Å². The molecule has 0 aliphatic rings. The number of amides is 1. The number of carbonyl (C=O) groups is 1. The Morgan fingerprint density at radius 1 is 1.20 bits per heavy atom. The Morgan fingerprint density at radius 3 is 2.27 bits per heavy atom. The van der Waals surface area contributed by atoms with Gasteiger partial charge in [-0.3, -0.25) is 4.79 Å². The van der Waals surface area contributed by atoms with Crippen LogP contribution in [0.2, 0.25) is 0 Å². The van der Waals surface area contributed by atoms with Gasteiger partial charge >= 0.3 is 0 Å². The molecule has 0 atom stereocenters. The first-order valence-electron chi connectivity index (χ1n) is 5.42. The zero-order valence-electron chi connectivity index (χ0n) is 9.78. The van der Waals surface area contributed by atoms with Crippen LogP contribution in [0.3, 0.4) is 0 Å². The molecule has 1 amide bonds. The molecule has 0 unspecified atom stereocenters. The number of nitrogens with zero attached hydrogens (tertiary/aromatic N) is 1. The third kappa shape index (κ3) is 7.74. The Hall–Kier alpha value is -1.31. The zero-order valence-corrected chi connectivity index (χ0v) is 9.78. The van der Waals surface area contributed by atoms with E-state index < -0.39 is 0 Å². The van der Waals surface area contributed by atoms with Crippen molar-refractivity contribution in [2.75, 3.05) is 6.54 Å². The number of rotatable bonds is 7. The lowest BCUT2D eigenvalue weighted by Crippen LogP contribution is -2.22. The van der Waals surface area contributed by atoms with Crippen LogP contribution in [-0.2, 0) is 4.79 Å². The van der Waals surface area contributed by atoms with Crippen LogP contribution in [0.1, 0.15) is 33.1 Å². The van der Waals surface area contributed by atoms with Gasteiger partial charge in [-0.05, 0) is 25.5 Å². The van der Waals surface area contributed by atoms with Crippen molar-refractivity contribution in [1.82, 2.24) is 4.90 Å². The second-order valence-electron chi connectivity index (χ2n) is 3.28. The van der Waals surface area contributed by atoms with Crippen molar-refractivity contribution < 1.29 is 4.79 Å². The number of unbranched alkanes of at least 4 members (excludes halogenated alkanes) is 1. The quantitative estimate of drug-likeness (QED) is 0.463. The first kappa shape index (κ1) is 13.7. The standard InChI is InChI=1S/C13H21NO/c1-4-6-7-8-9-10-11-12-14(5-2)13(3)15/h5-7,10-11H,2,4,8-9,12H2,1,3H3/b7-6-,11-10-. The number of hydrogen-bond acceptors (Lipinski definition) is 1. The third-order valence-corrected chi connectivity index (χ3v) is 2.00. The highest BCUT2D eigenvalue weighted by molar-refractivity contribution is 5.74. The van der Waals surface area contributed by atoms with E-state index in [9.17, 15) is 4.79 Å². The van der Waals surface area contributed by atoms with E-state index in [1.165, 1.54) is 0 Å². The average Bonchev–Trinajstić information content (AvgIpc) is 2.21. The second-order valence-corrected chi connectivity index (χ2v) is 3.28. The molecular formula is C13H21NO. The predicted octanol–water partition coefficient (Wildman–Crippen LogP) is 3.28. The van der Waals surface area contributed by atoms with Crippen molar-refractivity contribution >= 4 is 5.91 Å². The molecule has 0 aromatic carbocycles. The molecule has 84 valence electrons. The van der Waals surface area contributed by atoms with Gasteiger partial charge in [0, 0.05) is 13.5 Å². The maximum atomic E-state index is 11.0. The second kappa shape index (κ2) is 9.25. The van der Waals surface area contributed by atoms with E-state index in [2.05, 4.69) is 31.7 Å².